The first kappa shape index (κ1) is 23.1. The SMILES string of the molecule is Cc1ccc(S(=O)(=O)N(C)C)cc1NC(=O)c1ccc(Cl)c(N(C)S(C)(=O)=O)c1. The molecule has 0 bridgehead atoms. The summed E-state index contributed by atoms with van der Waals surface area (Å²) in [5, 5.41) is 2.84. The van der Waals surface area contributed by atoms with Crippen LogP contribution in [0.3, 0.4) is 0 Å². The van der Waals surface area contributed by atoms with Gasteiger partial charge in [0, 0.05) is 32.4 Å². The Morgan fingerprint density at radius 3 is 2.17 bits per heavy atom. The molecule has 2 rings (SSSR count). The summed E-state index contributed by atoms with van der Waals surface area (Å²) in [6.45, 7) is 1.73. The third kappa shape index (κ3) is 5.08. The minimum atomic E-state index is -3.67. The molecule has 2 aromatic carbocycles. The maximum atomic E-state index is 12.7. The van der Waals surface area contributed by atoms with Crippen LogP contribution in [0.1, 0.15) is 15.9 Å². The smallest absolute Gasteiger partial charge is 0.255 e. The molecule has 0 aliphatic carbocycles. The van der Waals surface area contributed by atoms with Gasteiger partial charge in [-0.3, -0.25) is 9.10 Å². The molecule has 158 valence electrons. The average Bonchev–Trinajstić information content (AvgIpc) is 2.62. The maximum absolute atomic E-state index is 12.7. The zero-order chi connectivity index (χ0) is 22.1. The Balaban J connectivity index is 2.41. The van der Waals surface area contributed by atoms with Crippen molar-refractivity contribution in [2.45, 2.75) is 11.8 Å². The van der Waals surface area contributed by atoms with Crippen LogP contribution in [0.25, 0.3) is 0 Å². The Kier molecular flexibility index (Phi) is 6.63. The van der Waals surface area contributed by atoms with Gasteiger partial charge in [0.05, 0.1) is 21.9 Å². The molecule has 0 aromatic heterocycles. The lowest BCUT2D eigenvalue weighted by atomic mass is 10.1. The van der Waals surface area contributed by atoms with Crippen LogP contribution in [0, 0.1) is 6.92 Å². The van der Waals surface area contributed by atoms with Crippen LogP contribution >= 0.6 is 11.6 Å². The van der Waals surface area contributed by atoms with Crippen LogP contribution in [0.4, 0.5) is 11.4 Å². The highest BCUT2D eigenvalue weighted by Crippen LogP contribution is 2.29. The van der Waals surface area contributed by atoms with Crippen molar-refractivity contribution in [1.29, 1.82) is 0 Å². The zero-order valence-electron chi connectivity index (χ0n) is 16.6. The van der Waals surface area contributed by atoms with Gasteiger partial charge in [-0.05, 0) is 42.8 Å². The van der Waals surface area contributed by atoms with Gasteiger partial charge in [0.1, 0.15) is 0 Å². The van der Waals surface area contributed by atoms with Gasteiger partial charge in [-0.1, -0.05) is 17.7 Å². The van der Waals surface area contributed by atoms with Crippen LogP contribution in [0.2, 0.25) is 5.02 Å². The fourth-order valence-electron chi connectivity index (χ4n) is 2.38. The van der Waals surface area contributed by atoms with E-state index in [1.54, 1.807) is 13.0 Å². The van der Waals surface area contributed by atoms with Crippen molar-refractivity contribution in [2.75, 3.05) is 37.0 Å². The first-order valence-electron chi connectivity index (χ1n) is 8.33. The van der Waals surface area contributed by atoms with Gasteiger partial charge in [-0.2, -0.15) is 0 Å². The summed E-state index contributed by atoms with van der Waals surface area (Å²) < 4.78 is 50.3. The van der Waals surface area contributed by atoms with Gasteiger partial charge in [0.25, 0.3) is 5.91 Å². The Labute approximate surface area is 176 Å². The number of carbonyl (C=O) groups is 1. The van der Waals surface area contributed by atoms with Crippen LogP contribution in [-0.4, -0.2) is 54.4 Å². The van der Waals surface area contributed by atoms with Gasteiger partial charge in [-0.15, -0.1) is 0 Å². The van der Waals surface area contributed by atoms with Crippen molar-refractivity contribution in [3.05, 3.63) is 52.5 Å². The third-order valence-electron chi connectivity index (χ3n) is 4.28. The van der Waals surface area contributed by atoms with E-state index in [1.807, 2.05) is 0 Å². The number of hydrogen-bond donors (Lipinski definition) is 1. The number of aryl methyl sites for hydroxylation is 1. The molecular weight excluding hydrogens is 438 g/mol. The zero-order valence-corrected chi connectivity index (χ0v) is 19.0. The molecule has 11 heteroatoms. The fourth-order valence-corrected chi connectivity index (χ4v) is 4.11. The van der Waals surface area contributed by atoms with Crippen LogP contribution < -0.4 is 9.62 Å². The lowest BCUT2D eigenvalue weighted by Crippen LogP contribution is -2.25. The van der Waals surface area contributed by atoms with Gasteiger partial charge < -0.3 is 5.32 Å². The Bertz CT molecular complexity index is 1160. The summed E-state index contributed by atoms with van der Waals surface area (Å²) in [6.07, 6.45) is 1.02. The molecule has 0 saturated carbocycles. The maximum Gasteiger partial charge on any atom is 0.255 e. The largest absolute Gasteiger partial charge is 0.322 e. The molecule has 1 N–H and O–H groups in total. The fraction of sp³-hybridized carbons (Fsp3) is 0.278. The average molecular weight is 460 g/mol. The van der Waals surface area contributed by atoms with Gasteiger partial charge in [0.2, 0.25) is 20.0 Å². The number of halogens is 1. The highest BCUT2D eigenvalue weighted by atomic mass is 35.5. The van der Waals surface area contributed by atoms with E-state index >= 15 is 0 Å². The Morgan fingerprint density at radius 2 is 1.62 bits per heavy atom. The van der Waals surface area contributed by atoms with E-state index in [0.29, 0.717) is 11.3 Å². The molecule has 0 spiro atoms. The van der Waals surface area contributed by atoms with Crippen molar-refractivity contribution in [2.24, 2.45) is 0 Å². The summed E-state index contributed by atoms with van der Waals surface area (Å²) in [4.78, 5) is 12.8. The Morgan fingerprint density at radius 1 is 1.00 bits per heavy atom. The third-order valence-corrected chi connectivity index (χ3v) is 7.60. The second-order valence-electron chi connectivity index (χ2n) is 6.61. The number of nitrogens with one attached hydrogen (secondary N) is 1. The van der Waals surface area contributed by atoms with Crippen molar-refractivity contribution in [1.82, 2.24) is 4.31 Å². The first-order chi connectivity index (χ1) is 13.2. The van der Waals surface area contributed by atoms with E-state index in [0.717, 1.165) is 14.9 Å². The van der Waals surface area contributed by atoms with Crippen molar-refractivity contribution < 1.29 is 21.6 Å². The summed E-state index contributed by atoms with van der Waals surface area (Å²) in [5.74, 6) is -0.535. The second-order valence-corrected chi connectivity index (χ2v) is 11.2. The molecule has 0 aliphatic heterocycles. The molecular formula is C18H22ClN3O5S2. The van der Waals surface area contributed by atoms with Crippen molar-refractivity contribution >= 4 is 48.9 Å². The van der Waals surface area contributed by atoms with Gasteiger partial charge >= 0.3 is 0 Å². The molecule has 2 aromatic rings. The van der Waals surface area contributed by atoms with E-state index < -0.39 is 26.0 Å². The molecule has 29 heavy (non-hydrogen) atoms. The number of rotatable bonds is 6. The molecule has 0 heterocycles. The highest BCUT2D eigenvalue weighted by Gasteiger charge is 2.20. The van der Waals surface area contributed by atoms with Gasteiger partial charge in [-0.25, -0.2) is 21.1 Å². The number of benzene rings is 2. The monoisotopic (exact) mass is 459 g/mol. The number of amides is 1. The van der Waals surface area contributed by atoms with E-state index in [9.17, 15) is 21.6 Å². The molecule has 0 aliphatic rings. The lowest BCUT2D eigenvalue weighted by molar-refractivity contribution is 0.102. The van der Waals surface area contributed by atoms with E-state index in [-0.39, 0.29) is 21.2 Å². The minimum absolute atomic E-state index is 0.0389. The molecule has 0 unspecified atom stereocenters. The summed E-state index contributed by atoms with van der Waals surface area (Å²) in [5.41, 5.74) is 1.31. The quantitative estimate of drug-likeness (QED) is 0.714. The number of nitrogens with zero attached hydrogens (tertiary/aromatic N) is 2. The minimum Gasteiger partial charge on any atom is -0.322 e. The van der Waals surface area contributed by atoms with Crippen LogP contribution in [-0.2, 0) is 20.0 Å². The molecule has 1 amide bonds. The molecule has 0 atom stereocenters. The van der Waals surface area contributed by atoms with Crippen molar-refractivity contribution in [3.8, 4) is 0 Å². The second kappa shape index (κ2) is 8.31. The highest BCUT2D eigenvalue weighted by molar-refractivity contribution is 7.92. The predicted molar refractivity (Wildman–Crippen MR) is 115 cm³/mol. The summed E-state index contributed by atoms with van der Waals surface area (Å²) in [7, 11) is -3.07. The number of sulfonamides is 2. The summed E-state index contributed by atoms with van der Waals surface area (Å²) >= 11 is 6.08. The first-order valence-corrected chi connectivity index (χ1v) is 12.0. The normalized spacial score (nSPS) is 12.1. The topological polar surface area (TPSA) is 104 Å². The van der Waals surface area contributed by atoms with Crippen LogP contribution in [0.15, 0.2) is 41.3 Å². The van der Waals surface area contributed by atoms with E-state index in [1.165, 1.54) is 51.5 Å². The predicted octanol–water partition coefficient (Wildman–Crippen LogP) is 2.55. The lowest BCUT2D eigenvalue weighted by Gasteiger charge is -2.19. The van der Waals surface area contributed by atoms with E-state index in [4.69, 9.17) is 11.6 Å². The molecule has 0 radical (unpaired) electrons. The van der Waals surface area contributed by atoms with Crippen LogP contribution in [0.5, 0.6) is 0 Å². The summed E-state index contributed by atoms with van der Waals surface area (Å²) in [6, 6.07) is 8.66. The standard InChI is InChI=1S/C18H22ClN3O5S2/c1-12-6-8-14(29(26,27)21(2)3)11-16(12)20-18(23)13-7-9-15(19)17(10-13)22(4)28(5,24)25/h6-11H,1-5H3,(H,20,23). The van der Waals surface area contributed by atoms with E-state index in [2.05, 4.69) is 5.32 Å². The number of carbonyl (C=O) groups excluding carboxylic acids is 1. The van der Waals surface area contributed by atoms with Gasteiger partial charge in [0.15, 0.2) is 0 Å². The molecule has 0 fully saturated rings. The number of anilines is 2. The molecule has 0 saturated heterocycles. The van der Waals surface area contributed by atoms with Crippen molar-refractivity contribution in [3.63, 3.8) is 0 Å². The number of hydrogen-bond acceptors (Lipinski definition) is 5. The Hall–Kier alpha value is -2.14. The molecule has 8 nitrogen and oxygen atoms in total.